The Labute approximate surface area is 293 Å². The average Bonchev–Trinajstić information content (AvgIpc) is 3.56. The molecule has 0 bridgehead atoms. The van der Waals surface area contributed by atoms with Gasteiger partial charge < -0.3 is 0 Å². The summed E-state index contributed by atoms with van der Waals surface area (Å²) in [5.41, 5.74) is 5.81. The minimum absolute atomic E-state index is 0.288. The van der Waals surface area contributed by atoms with Gasteiger partial charge in [-0.1, -0.05) is 146 Å². The maximum atomic E-state index is 5.69. The Morgan fingerprint density at radius 2 is 1.02 bits per heavy atom. The lowest BCUT2D eigenvalue weighted by Gasteiger charge is -2.32. The fourth-order valence-corrected chi connectivity index (χ4v) is 9.95. The first kappa shape index (κ1) is 28.1. The summed E-state index contributed by atoms with van der Waals surface area (Å²) in [6, 6.07) is 53.7. The van der Waals surface area contributed by atoms with E-state index in [1.54, 1.807) is 0 Å². The van der Waals surface area contributed by atoms with Crippen molar-refractivity contribution in [3.63, 3.8) is 0 Å². The van der Waals surface area contributed by atoms with Gasteiger partial charge in [0.2, 0.25) is 0 Å². The van der Waals surface area contributed by atoms with E-state index < -0.39 is 0 Å². The van der Waals surface area contributed by atoms with E-state index in [0.29, 0.717) is 0 Å². The van der Waals surface area contributed by atoms with E-state index >= 15 is 0 Å². The van der Waals surface area contributed by atoms with Crippen molar-refractivity contribution >= 4 is 91.4 Å². The topological polar surface area (TPSA) is 12.9 Å². The van der Waals surface area contributed by atoms with Crippen LogP contribution in [0.2, 0.25) is 0 Å². The van der Waals surface area contributed by atoms with Crippen molar-refractivity contribution in [3.8, 4) is 11.3 Å². The molecule has 1 nitrogen and oxygen atoms in total. The van der Waals surface area contributed by atoms with E-state index in [1.165, 1.54) is 85.2 Å². The highest BCUT2D eigenvalue weighted by Crippen LogP contribution is 2.46. The van der Waals surface area contributed by atoms with Crippen molar-refractivity contribution in [1.82, 2.24) is 4.98 Å². The van der Waals surface area contributed by atoms with E-state index in [4.69, 9.17) is 4.98 Å². The SMILES string of the molecule is CC1(c2cc3c(sc4ccccc43)c(-c3ccc4c5ccccc5c5ccccc5c4c3)n2)C=Cc2c(c3ccccc3c3ccccc23)C1. The summed E-state index contributed by atoms with van der Waals surface area (Å²) in [6.07, 6.45) is 5.68. The molecule has 0 amide bonds. The quantitative estimate of drug-likeness (QED) is 0.169. The van der Waals surface area contributed by atoms with Crippen LogP contribution < -0.4 is 0 Å². The first-order valence-electron chi connectivity index (χ1n) is 17.4. The standard InChI is InChI=1S/C48H31NS/c1-48(25-24-39-35-17-5-3-13-31(35)33-15-7-9-19-37(33)43(39)28-48)45-27-42-40-20-10-11-21-44(40)50-47(42)46(49-45)29-22-23-38-34-16-4-2-12-30(34)32-14-6-8-18-36(32)41(38)26-29/h2-27H,28H2,1H3. The van der Waals surface area contributed by atoms with Gasteiger partial charge in [-0.3, -0.25) is 4.98 Å². The fourth-order valence-electron chi connectivity index (χ4n) is 8.76. The number of hydrogen-bond donors (Lipinski definition) is 0. The van der Waals surface area contributed by atoms with E-state index in [0.717, 1.165) is 23.4 Å². The summed E-state index contributed by atoms with van der Waals surface area (Å²) < 4.78 is 2.55. The van der Waals surface area contributed by atoms with Crippen LogP contribution in [0.4, 0.5) is 0 Å². The highest BCUT2D eigenvalue weighted by molar-refractivity contribution is 7.26. The summed E-state index contributed by atoms with van der Waals surface area (Å²) in [6.45, 7) is 2.38. The number of rotatable bonds is 2. The van der Waals surface area contributed by atoms with Crippen LogP contribution in [0.1, 0.15) is 23.7 Å². The third-order valence-electron chi connectivity index (χ3n) is 11.2. The molecule has 50 heavy (non-hydrogen) atoms. The Kier molecular flexibility index (Phi) is 5.80. The zero-order valence-corrected chi connectivity index (χ0v) is 28.4. The van der Waals surface area contributed by atoms with Gasteiger partial charge in [0.25, 0.3) is 0 Å². The normalized spacial score (nSPS) is 16.0. The number of fused-ring (bicyclic) bond motifs is 15. The molecule has 1 aliphatic carbocycles. The van der Waals surface area contributed by atoms with E-state index in [9.17, 15) is 0 Å². The summed E-state index contributed by atoms with van der Waals surface area (Å²) in [5, 5.41) is 15.6. The molecule has 234 valence electrons. The minimum Gasteiger partial charge on any atom is -0.250 e. The van der Waals surface area contributed by atoms with E-state index in [-0.39, 0.29) is 5.41 Å². The molecule has 0 radical (unpaired) electrons. The average molecular weight is 654 g/mol. The molecule has 1 aliphatic rings. The van der Waals surface area contributed by atoms with Gasteiger partial charge in [0.15, 0.2) is 0 Å². The predicted octanol–water partition coefficient (Wildman–Crippen LogP) is 13.4. The second-order valence-electron chi connectivity index (χ2n) is 14.1. The number of thiophene rings is 1. The monoisotopic (exact) mass is 653 g/mol. The summed E-state index contributed by atoms with van der Waals surface area (Å²) in [7, 11) is 0. The maximum absolute atomic E-state index is 5.69. The Morgan fingerprint density at radius 3 is 1.70 bits per heavy atom. The highest BCUT2D eigenvalue weighted by Gasteiger charge is 2.33. The fraction of sp³-hybridized carbons (Fsp3) is 0.0625. The summed E-state index contributed by atoms with van der Waals surface area (Å²) in [4.78, 5) is 5.69. The largest absolute Gasteiger partial charge is 0.250 e. The number of benzene rings is 8. The van der Waals surface area contributed by atoms with Gasteiger partial charge in [-0.25, -0.2) is 0 Å². The zero-order chi connectivity index (χ0) is 33.0. The molecular formula is C48H31NS. The molecule has 2 aromatic heterocycles. The van der Waals surface area contributed by atoms with Crippen LogP contribution >= 0.6 is 11.3 Å². The zero-order valence-electron chi connectivity index (χ0n) is 27.6. The Hall–Kier alpha value is -5.83. The van der Waals surface area contributed by atoms with Crippen molar-refractivity contribution in [2.75, 3.05) is 0 Å². The van der Waals surface area contributed by atoms with Gasteiger partial charge in [-0.15, -0.1) is 11.3 Å². The number of allylic oxidation sites excluding steroid dienone is 1. The first-order chi connectivity index (χ1) is 24.6. The second-order valence-corrected chi connectivity index (χ2v) is 15.1. The van der Waals surface area contributed by atoms with Gasteiger partial charge in [0.1, 0.15) is 0 Å². The minimum atomic E-state index is -0.288. The lowest BCUT2D eigenvalue weighted by Crippen LogP contribution is -2.27. The molecule has 0 saturated heterocycles. The number of aromatic nitrogens is 1. The van der Waals surface area contributed by atoms with Gasteiger partial charge in [-0.2, -0.15) is 0 Å². The molecular weight excluding hydrogens is 623 g/mol. The lowest BCUT2D eigenvalue weighted by molar-refractivity contribution is 0.572. The summed E-state index contributed by atoms with van der Waals surface area (Å²) in [5.74, 6) is 0. The molecule has 0 saturated carbocycles. The Morgan fingerprint density at radius 1 is 0.500 bits per heavy atom. The van der Waals surface area contributed by atoms with Crippen LogP contribution in [0.5, 0.6) is 0 Å². The second kappa shape index (κ2) is 10.3. The van der Waals surface area contributed by atoms with Crippen LogP contribution in [0, 0.1) is 0 Å². The third-order valence-corrected chi connectivity index (χ3v) is 12.4. The van der Waals surface area contributed by atoms with Gasteiger partial charge in [-0.05, 0) is 89.6 Å². The molecule has 8 aromatic carbocycles. The molecule has 1 atom stereocenters. The molecule has 10 aromatic rings. The van der Waals surface area contributed by atoms with Gasteiger partial charge >= 0.3 is 0 Å². The molecule has 0 fully saturated rings. The number of pyridine rings is 1. The molecule has 2 heteroatoms. The Bertz CT molecular complexity index is 3060. The van der Waals surface area contributed by atoms with Crippen LogP contribution in [-0.4, -0.2) is 4.98 Å². The van der Waals surface area contributed by atoms with Gasteiger partial charge in [0, 0.05) is 26.5 Å². The van der Waals surface area contributed by atoms with Crippen molar-refractivity contribution in [2.24, 2.45) is 0 Å². The van der Waals surface area contributed by atoms with Crippen LogP contribution in [0.25, 0.3) is 91.4 Å². The molecule has 11 rings (SSSR count). The van der Waals surface area contributed by atoms with Crippen molar-refractivity contribution in [2.45, 2.75) is 18.8 Å². The number of nitrogens with zero attached hydrogens (tertiary/aromatic N) is 1. The van der Waals surface area contributed by atoms with Gasteiger partial charge in [0.05, 0.1) is 16.1 Å². The maximum Gasteiger partial charge on any atom is 0.0884 e. The molecule has 1 unspecified atom stereocenters. The van der Waals surface area contributed by atoms with E-state index in [2.05, 4.69) is 165 Å². The highest BCUT2D eigenvalue weighted by atomic mass is 32.1. The van der Waals surface area contributed by atoms with Crippen LogP contribution in [-0.2, 0) is 11.8 Å². The van der Waals surface area contributed by atoms with Crippen LogP contribution in [0.3, 0.4) is 0 Å². The van der Waals surface area contributed by atoms with Crippen molar-refractivity contribution in [1.29, 1.82) is 0 Å². The number of hydrogen-bond acceptors (Lipinski definition) is 2. The predicted molar refractivity (Wildman–Crippen MR) is 217 cm³/mol. The van der Waals surface area contributed by atoms with Crippen LogP contribution in [0.15, 0.2) is 152 Å². The molecule has 0 aliphatic heterocycles. The molecule has 0 spiro atoms. The third kappa shape index (κ3) is 3.91. The lowest BCUT2D eigenvalue weighted by atomic mass is 9.72. The van der Waals surface area contributed by atoms with Crippen molar-refractivity contribution in [3.05, 3.63) is 168 Å². The molecule has 0 N–H and O–H groups in total. The smallest absolute Gasteiger partial charge is 0.0884 e. The first-order valence-corrected chi connectivity index (χ1v) is 18.2. The molecule has 2 heterocycles. The Balaban J connectivity index is 1.18. The van der Waals surface area contributed by atoms with E-state index in [1.807, 2.05) is 11.3 Å². The van der Waals surface area contributed by atoms with Crippen molar-refractivity contribution < 1.29 is 0 Å². The summed E-state index contributed by atoms with van der Waals surface area (Å²) >= 11 is 1.86.